The lowest BCUT2D eigenvalue weighted by molar-refractivity contribution is -0.137. The molecule has 1 aromatic rings. The van der Waals surface area contributed by atoms with E-state index >= 15 is 0 Å². The Labute approximate surface area is 196 Å². The zero-order valence-corrected chi connectivity index (χ0v) is 20.9. The van der Waals surface area contributed by atoms with Gasteiger partial charge in [-0.05, 0) is 74.2 Å². The van der Waals surface area contributed by atoms with Gasteiger partial charge in [0.05, 0.1) is 27.6 Å². The van der Waals surface area contributed by atoms with Gasteiger partial charge in [-0.15, -0.1) is 0 Å². The Hall–Kier alpha value is -0.710. The first kappa shape index (κ1) is 24.3. The number of amides is 2. The molecular formula is C16H17I3N2O6. The fourth-order valence-electron chi connectivity index (χ4n) is 2.21. The summed E-state index contributed by atoms with van der Waals surface area (Å²) in [4.78, 5) is 48.1. The van der Waals surface area contributed by atoms with Gasteiger partial charge < -0.3 is 20.4 Å². The maximum atomic E-state index is 12.2. The molecule has 3 N–H and O–H groups in total. The van der Waals surface area contributed by atoms with Crippen LogP contribution in [0.3, 0.4) is 0 Å². The Kier molecular flexibility index (Phi) is 9.67. The lowest BCUT2D eigenvalue weighted by Gasteiger charge is -2.24. The van der Waals surface area contributed by atoms with Gasteiger partial charge in [-0.25, -0.2) is 4.79 Å². The first-order chi connectivity index (χ1) is 12.5. The number of hydrogen-bond donors (Lipinski definition) is 3. The van der Waals surface area contributed by atoms with Crippen LogP contribution in [-0.2, 0) is 14.4 Å². The smallest absolute Gasteiger partial charge is 0.338 e. The molecule has 0 fully saturated rings. The van der Waals surface area contributed by atoms with E-state index in [4.69, 9.17) is 5.11 Å². The van der Waals surface area contributed by atoms with E-state index in [9.17, 15) is 24.3 Å². The lowest BCUT2D eigenvalue weighted by Crippen LogP contribution is -2.29. The minimum atomic E-state index is -1.17. The molecule has 0 saturated carbocycles. The van der Waals surface area contributed by atoms with Gasteiger partial charge in [-0.2, -0.15) is 0 Å². The number of carbonyl (C=O) groups is 4. The van der Waals surface area contributed by atoms with Crippen molar-refractivity contribution in [1.29, 1.82) is 0 Å². The van der Waals surface area contributed by atoms with E-state index in [1.165, 1.54) is 4.90 Å². The number of nitrogens with zero attached hydrogens (tertiary/aromatic N) is 1. The number of benzene rings is 1. The second-order valence-electron chi connectivity index (χ2n) is 5.45. The van der Waals surface area contributed by atoms with E-state index in [-0.39, 0.29) is 37.2 Å². The van der Waals surface area contributed by atoms with Crippen LogP contribution < -0.4 is 10.2 Å². The summed E-state index contributed by atoms with van der Waals surface area (Å²) < 4.78 is 1.30. The zero-order valence-electron chi connectivity index (χ0n) is 14.4. The largest absolute Gasteiger partial charge is 0.481 e. The van der Waals surface area contributed by atoms with Crippen molar-refractivity contribution in [1.82, 2.24) is 0 Å². The van der Waals surface area contributed by atoms with Gasteiger partial charge in [-0.1, -0.05) is 6.92 Å². The molecule has 0 atom stereocenters. The summed E-state index contributed by atoms with van der Waals surface area (Å²) in [5.74, 6) is -2.77. The molecule has 1 rings (SSSR count). The van der Waals surface area contributed by atoms with Crippen molar-refractivity contribution in [3.05, 3.63) is 16.3 Å². The number of anilines is 2. The van der Waals surface area contributed by atoms with Crippen molar-refractivity contribution in [3.63, 3.8) is 0 Å². The first-order valence-corrected chi connectivity index (χ1v) is 11.0. The second-order valence-corrected chi connectivity index (χ2v) is 8.68. The molecule has 2 amide bonds. The SMILES string of the molecule is CCC(=O)N(C)c1c(I)c(NC(=O)CCCC(=O)O)c(I)c(C(=O)O)c1I. The molecule has 1 aromatic carbocycles. The number of carboxylic acid groups (broad SMARTS) is 2. The predicted molar refractivity (Wildman–Crippen MR) is 125 cm³/mol. The molecule has 8 nitrogen and oxygen atoms in total. The van der Waals surface area contributed by atoms with Crippen LogP contribution in [0.25, 0.3) is 0 Å². The fourth-order valence-corrected chi connectivity index (χ4v) is 6.83. The third-order valence-electron chi connectivity index (χ3n) is 3.58. The molecule has 11 heteroatoms. The van der Waals surface area contributed by atoms with E-state index in [1.807, 2.05) is 67.8 Å². The fraction of sp³-hybridized carbons (Fsp3) is 0.375. The molecule has 0 aromatic heterocycles. The average molecular weight is 714 g/mol. The Morgan fingerprint density at radius 1 is 1.00 bits per heavy atom. The topological polar surface area (TPSA) is 124 Å². The third-order valence-corrected chi connectivity index (χ3v) is 6.76. The van der Waals surface area contributed by atoms with Crippen LogP contribution in [0.15, 0.2) is 0 Å². The van der Waals surface area contributed by atoms with Crippen LogP contribution in [0.2, 0.25) is 0 Å². The summed E-state index contributed by atoms with van der Waals surface area (Å²) in [6.45, 7) is 1.70. The number of nitrogens with one attached hydrogen (secondary N) is 1. The summed E-state index contributed by atoms with van der Waals surface area (Å²) in [5.41, 5.74) is 0.727. The van der Waals surface area contributed by atoms with Crippen LogP contribution in [-0.4, -0.2) is 41.0 Å². The number of hydrogen-bond acceptors (Lipinski definition) is 4. The van der Waals surface area contributed by atoms with Crippen molar-refractivity contribution in [2.45, 2.75) is 32.6 Å². The third kappa shape index (κ3) is 6.13. The summed E-state index contributed by atoms with van der Waals surface area (Å²) >= 11 is 5.72. The Morgan fingerprint density at radius 2 is 1.59 bits per heavy atom. The molecule has 0 unspecified atom stereocenters. The summed E-state index contributed by atoms with van der Waals surface area (Å²) in [5, 5.41) is 20.9. The highest BCUT2D eigenvalue weighted by molar-refractivity contribution is 14.1. The second kappa shape index (κ2) is 10.7. The molecule has 27 heavy (non-hydrogen) atoms. The minimum Gasteiger partial charge on any atom is -0.481 e. The number of carboxylic acids is 2. The molecule has 0 aliphatic carbocycles. The van der Waals surface area contributed by atoms with Crippen molar-refractivity contribution in [2.75, 3.05) is 17.3 Å². The van der Waals surface area contributed by atoms with E-state index in [2.05, 4.69) is 5.32 Å². The Balaban J connectivity index is 3.40. The Morgan fingerprint density at radius 3 is 2.07 bits per heavy atom. The van der Waals surface area contributed by atoms with Gasteiger partial charge in [0, 0.05) is 26.3 Å². The van der Waals surface area contributed by atoms with E-state index < -0.39 is 17.8 Å². The molecule has 0 bridgehead atoms. The molecule has 0 aliphatic rings. The first-order valence-electron chi connectivity index (χ1n) is 7.74. The number of aliphatic carboxylic acids is 1. The molecule has 0 spiro atoms. The van der Waals surface area contributed by atoms with Crippen LogP contribution in [0, 0.1) is 10.7 Å². The van der Waals surface area contributed by atoms with Gasteiger partial charge in [0.25, 0.3) is 0 Å². The lowest BCUT2D eigenvalue weighted by atomic mass is 10.1. The standard InChI is InChI=1S/C16H17I3N2O6/c1-3-8(23)21(2)15-12(18)10(16(26)27)11(17)14(13(15)19)20-7(22)5-4-6-9(24)25/h3-6H2,1-2H3,(H,20,22)(H,24,25)(H,26,27). The van der Waals surface area contributed by atoms with Gasteiger partial charge >= 0.3 is 11.9 Å². The highest BCUT2D eigenvalue weighted by Crippen LogP contribution is 2.40. The van der Waals surface area contributed by atoms with Crippen molar-refractivity contribution < 1.29 is 29.4 Å². The van der Waals surface area contributed by atoms with Crippen LogP contribution in [0.4, 0.5) is 11.4 Å². The van der Waals surface area contributed by atoms with Crippen molar-refractivity contribution >= 4 is 103 Å². The Bertz CT molecular complexity index is 797. The van der Waals surface area contributed by atoms with Gasteiger partial charge in [-0.3, -0.25) is 14.4 Å². The molecule has 0 saturated heterocycles. The zero-order chi connectivity index (χ0) is 20.9. The van der Waals surface area contributed by atoms with Crippen LogP contribution >= 0.6 is 67.8 Å². The number of carbonyl (C=O) groups excluding carboxylic acids is 2. The molecule has 0 heterocycles. The molecular weight excluding hydrogens is 697 g/mol. The van der Waals surface area contributed by atoms with Crippen LogP contribution in [0.5, 0.6) is 0 Å². The maximum Gasteiger partial charge on any atom is 0.338 e. The van der Waals surface area contributed by atoms with Gasteiger partial charge in [0.2, 0.25) is 11.8 Å². The number of halogens is 3. The van der Waals surface area contributed by atoms with Crippen molar-refractivity contribution in [2.24, 2.45) is 0 Å². The summed E-state index contributed by atoms with van der Waals surface area (Å²) in [6, 6.07) is 0. The normalized spacial score (nSPS) is 10.4. The van der Waals surface area contributed by atoms with Gasteiger partial charge in [0.1, 0.15) is 0 Å². The number of rotatable bonds is 8. The molecule has 0 radical (unpaired) electrons. The predicted octanol–water partition coefficient (Wildman–Crippen LogP) is 3.76. The van der Waals surface area contributed by atoms with E-state index in [0.717, 1.165) is 0 Å². The number of aromatic carboxylic acids is 1. The molecule has 0 aliphatic heterocycles. The van der Waals surface area contributed by atoms with E-state index in [0.29, 0.717) is 22.1 Å². The monoisotopic (exact) mass is 714 g/mol. The summed E-state index contributed by atoms with van der Waals surface area (Å²) in [7, 11) is 1.56. The van der Waals surface area contributed by atoms with Gasteiger partial charge in [0.15, 0.2) is 0 Å². The average Bonchev–Trinajstić information content (AvgIpc) is 2.57. The highest BCUT2D eigenvalue weighted by Gasteiger charge is 2.28. The van der Waals surface area contributed by atoms with Crippen molar-refractivity contribution in [3.8, 4) is 0 Å². The summed E-state index contributed by atoms with van der Waals surface area (Å²) in [6.07, 6.45) is 0.277. The quantitative estimate of drug-likeness (QED) is 0.353. The maximum absolute atomic E-state index is 12.2. The van der Waals surface area contributed by atoms with E-state index in [1.54, 1.807) is 14.0 Å². The minimum absolute atomic E-state index is 0.00297. The highest BCUT2D eigenvalue weighted by atomic mass is 127. The van der Waals surface area contributed by atoms with Crippen LogP contribution in [0.1, 0.15) is 43.0 Å². The molecule has 148 valence electrons.